The Morgan fingerprint density at radius 3 is 0.756 bits per heavy atom. The lowest BCUT2D eigenvalue weighted by atomic mass is 10.1. The third-order valence-corrected chi connectivity index (χ3v) is 14.0. The molecule has 0 rings (SSSR count). The van der Waals surface area contributed by atoms with Crippen molar-refractivity contribution in [3.63, 3.8) is 0 Å². The van der Waals surface area contributed by atoms with Crippen molar-refractivity contribution in [3.05, 3.63) is 146 Å². The highest BCUT2D eigenvalue weighted by molar-refractivity contribution is 5.71. The lowest BCUT2D eigenvalue weighted by Crippen LogP contribution is -2.30. The Morgan fingerprint density at radius 1 is 0.256 bits per heavy atom. The van der Waals surface area contributed by atoms with Crippen molar-refractivity contribution >= 4 is 17.9 Å². The summed E-state index contributed by atoms with van der Waals surface area (Å²) in [5.74, 6) is -0.921. The summed E-state index contributed by atoms with van der Waals surface area (Å²) in [6, 6.07) is 0. The highest BCUT2D eigenvalue weighted by Crippen LogP contribution is 2.15. The van der Waals surface area contributed by atoms with Crippen molar-refractivity contribution in [3.8, 4) is 0 Å². The van der Waals surface area contributed by atoms with E-state index in [0.717, 1.165) is 154 Å². The van der Waals surface area contributed by atoms with Gasteiger partial charge in [0, 0.05) is 19.3 Å². The van der Waals surface area contributed by atoms with Crippen LogP contribution in [0, 0.1) is 0 Å². The molecule has 0 bridgehead atoms. The van der Waals surface area contributed by atoms with Crippen LogP contribution in [-0.2, 0) is 28.6 Å². The van der Waals surface area contributed by atoms with E-state index < -0.39 is 6.10 Å². The minimum atomic E-state index is -0.798. The highest BCUT2D eigenvalue weighted by Gasteiger charge is 2.19. The monoisotopic (exact) mass is 1130 g/mol. The van der Waals surface area contributed by atoms with Gasteiger partial charge in [0.25, 0.3) is 0 Å². The van der Waals surface area contributed by atoms with Crippen molar-refractivity contribution in [2.75, 3.05) is 13.2 Å². The van der Waals surface area contributed by atoms with Crippen LogP contribution in [0.15, 0.2) is 146 Å². The molecule has 0 aromatic heterocycles. The van der Waals surface area contributed by atoms with Crippen molar-refractivity contribution in [2.45, 2.75) is 303 Å². The van der Waals surface area contributed by atoms with E-state index in [2.05, 4.69) is 167 Å². The third-order valence-electron chi connectivity index (χ3n) is 14.0. The molecule has 0 amide bonds. The summed E-state index contributed by atoms with van der Waals surface area (Å²) in [6.45, 7) is 6.46. The fourth-order valence-corrected chi connectivity index (χ4v) is 8.99. The maximum atomic E-state index is 12.9. The fraction of sp³-hybridized carbons (Fsp3) is 0.645. The van der Waals surface area contributed by atoms with E-state index in [4.69, 9.17) is 14.2 Å². The van der Waals surface area contributed by atoms with Gasteiger partial charge in [-0.25, -0.2) is 0 Å². The number of unbranched alkanes of at least 4 members (excludes halogenated alkanes) is 25. The van der Waals surface area contributed by atoms with Gasteiger partial charge in [0.1, 0.15) is 13.2 Å². The van der Waals surface area contributed by atoms with Crippen LogP contribution in [0.4, 0.5) is 0 Å². The summed E-state index contributed by atoms with van der Waals surface area (Å²) in [7, 11) is 0. The smallest absolute Gasteiger partial charge is 0.306 e. The number of carbonyl (C=O) groups excluding carboxylic acids is 3. The molecule has 464 valence electrons. The van der Waals surface area contributed by atoms with Crippen molar-refractivity contribution in [1.82, 2.24) is 0 Å². The summed E-state index contributed by atoms with van der Waals surface area (Å²) in [5.41, 5.74) is 0. The molecule has 0 heterocycles. The van der Waals surface area contributed by atoms with Crippen molar-refractivity contribution in [2.24, 2.45) is 0 Å². The molecule has 6 heteroatoms. The Labute approximate surface area is 506 Å². The van der Waals surface area contributed by atoms with Crippen molar-refractivity contribution < 1.29 is 28.6 Å². The van der Waals surface area contributed by atoms with Gasteiger partial charge in [-0.3, -0.25) is 14.4 Å². The third kappa shape index (κ3) is 66.1. The molecule has 82 heavy (non-hydrogen) atoms. The maximum Gasteiger partial charge on any atom is 0.306 e. The summed E-state index contributed by atoms with van der Waals surface area (Å²) in [4.78, 5) is 38.3. The molecule has 0 fully saturated rings. The summed E-state index contributed by atoms with van der Waals surface area (Å²) >= 11 is 0. The molecule has 1 atom stereocenters. The number of esters is 3. The molecule has 0 N–H and O–H groups in total. The van der Waals surface area contributed by atoms with E-state index in [1.165, 1.54) is 103 Å². The number of hydrogen-bond acceptors (Lipinski definition) is 6. The molecule has 0 radical (unpaired) electrons. The minimum Gasteiger partial charge on any atom is -0.462 e. The molecule has 6 nitrogen and oxygen atoms in total. The molecular formula is C76H124O6. The lowest BCUT2D eigenvalue weighted by Gasteiger charge is -2.18. The normalized spacial score (nSPS) is 13.1. The Bertz CT molecular complexity index is 1780. The van der Waals surface area contributed by atoms with E-state index in [-0.39, 0.29) is 31.1 Å². The first kappa shape index (κ1) is 77.3. The molecule has 0 saturated heterocycles. The number of ether oxygens (including phenoxy) is 3. The van der Waals surface area contributed by atoms with Crippen LogP contribution in [0.5, 0.6) is 0 Å². The van der Waals surface area contributed by atoms with Crippen molar-refractivity contribution in [1.29, 1.82) is 0 Å². The van der Waals surface area contributed by atoms with Crippen LogP contribution in [0.1, 0.15) is 297 Å². The molecule has 0 aromatic rings. The molecule has 0 aromatic carbocycles. The molecule has 0 saturated carbocycles. The molecule has 0 aliphatic heterocycles. The first-order valence-corrected chi connectivity index (χ1v) is 33.8. The van der Waals surface area contributed by atoms with Crippen LogP contribution >= 0.6 is 0 Å². The molecule has 1 unspecified atom stereocenters. The Hall–Kier alpha value is -4.71. The Kier molecular flexibility index (Phi) is 64.8. The van der Waals surface area contributed by atoms with Gasteiger partial charge in [0.05, 0.1) is 0 Å². The molecule has 0 aliphatic carbocycles. The zero-order valence-corrected chi connectivity index (χ0v) is 53.2. The predicted octanol–water partition coefficient (Wildman–Crippen LogP) is 23.5. The zero-order chi connectivity index (χ0) is 59.2. The van der Waals surface area contributed by atoms with E-state index in [0.29, 0.717) is 19.3 Å². The van der Waals surface area contributed by atoms with Crippen LogP contribution in [0.2, 0.25) is 0 Å². The Morgan fingerprint density at radius 2 is 0.476 bits per heavy atom. The van der Waals surface area contributed by atoms with Crippen LogP contribution < -0.4 is 0 Å². The van der Waals surface area contributed by atoms with Gasteiger partial charge in [-0.05, 0) is 148 Å². The predicted molar refractivity (Wildman–Crippen MR) is 357 cm³/mol. The summed E-state index contributed by atoms with van der Waals surface area (Å²) in [6.07, 6.45) is 98.6. The van der Waals surface area contributed by atoms with Crippen LogP contribution in [-0.4, -0.2) is 37.2 Å². The van der Waals surface area contributed by atoms with Gasteiger partial charge >= 0.3 is 17.9 Å². The van der Waals surface area contributed by atoms with E-state index in [9.17, 15) is 14.4 Å². The maximum absolute atomic E-state index is 12.9. The average Bonchev–Trinajstić information content (AvgIpc) is 3.47. The SMILES string of the molecule is CC/C=C\C/C=C\C/C=C\C/C=C\C/C=C\C/C=C\C/C=C\C/C=C\CCCCCCCCCCC(=O)OCC(COC(=O)CCCCCCC/C=C\CCCCC)OC(=O)CCCCCCCC/C=C\C/C=C\C/C=C\CCCCC. The Balaban J connectivity index is 4.31. The number of allylic oxidation sites excluding steroid dienone is 24. The van der Waals surface area contributed by atoms with Gasteiger partial charge in [0.2, 0.25) is 0 Å². The second-order valence-electron chi connectivity index (χ2n) is 22.0. The fourth-order valence-electron chi connectivity index (χ4n) is 8.99. The van der Waals surface area contributed by atoms with Crippen LogP contribution in [0.25, 0.3) is 0 Å². The number of rotatable bonds is 60. The van der Waals surface area contributed by atoms with Gasteiger partial charge in [-0.1, -0.05) is 276 Å². The van der Waals surface area contributed by atoms with Gasteiger partial charge in [-0.2, -0.15) is 0 Å². The zero-order valence-electron chi connectivity index (χ0n) is 53.2. The largest absolute Gasteiger partial charge is 0.462 e. The summed E-state index contributed by atoms with van der Waals surface area (Å²) in [5, 5.41) is 0. The number of hydrogen-bond donors (Lipinski definition) is 0. The first-order valence-electron chi connectivity index (χ1n) is 33.8. The van der Waals surface area contributed by atoms with Gasteiger partial charge in [0.15, 0.2) is 6.10 Å². The highest BCUT2D eigenvalue weighted by atomic mass is 16.6. The van der Waals surface area contributed by atoms with Crippen LogP contribution in [0.3, 0.4) is 0 Å². The quantitative estimate of drug-likeness (QED) is 0.0261. The second kappa shape index (κ2) is 68.8. The first-order chi connectivity index (χ1) is 40.5. The molecule has 0 aliphatic rings. The van der Waals surface area contributed by atoms with Gasteiger partial charge < -0.3 is 14.2 Å². The summed E-state index contributed by atoms with van der Waals surface area (Å²) < 4.78 is 16.9. The van der Waals surface area contributed by atoms with E-state index >= 15 is 0 Å². The topological polar surface area (TPSA) is 78.9 Å². The lowest BCUT2D eigenvalue weighted by molar-refractivity contribution is -0.167. The minimum absolute atomic E-state index is 0.0936. The standard InChI is InChI=1S/C76H124O6/c1-4-7-10-13-16-19-22-25-27-29-31-32-33-34-35-36-37-38-39-40-41-42-43-44-46-47-49-51-54-57-60-63-66-69-75(78)81-72-73(71-80-74(77)68-65-62-59-56-53-24-21-18-15-12-9-6-3)82-76(79)70-67-64-61-58-55-52-50-48-45-30-28-26-23-20-17-14-11-8-5-2/h7,10,16-21,25-28,31-32,34-35,37-38,40-41,43-45,48,73H,4-6,8-9,11-15,22-24,29-30,33,36,39,42,46-47,49-72H2,1-3H3/b10-7-,19-16-,20-17-,21-18-,27-25-,28-26-,32-31-,35-34-,38-37-,41-40-,44-43-,48-45-. The molecule has 0 spiro atoms. The second-order valence-corrected chi connectivity index (χ2v) is 22.0. The number of carbonyl (C=O) groups is 3. The van der Waals surface area contributed by atoms with Gasteiger partial charge in [-0.15, -0.1) is 0 Å². The van der Waals surface area contributed by atoms with E-state index in [1.807, 2.05) is 0 Å². The van der Waals surface area contributed by atoms with E-state index in [1.54, 1.807) is 0 Å². The average molecular weight is 1130 g/mol. The molecular weight excluding hydrogens is 1010 g/mol.